The van der Waals surface area contributed by atoms with Crippen LogP contribution >= 0.6 is 23.4 Å². The lowest BCUT2D eigenvalue weighted by Gasteiger charge is -2.07. The molecule has 0 aliphatic carbocycles. The summed E-state index contributed by atoms with van der Waals surface area (Å²) in [4.78, 5) is 5.29. The molecular weight excluding hydrogens is 270 g/mol. The molecule has 0 aliphatic heterocycles. The SMILES string of the molecule is CSc1ccc(Oc2ccc(Cl)c(CO)n2)cc1. The van der Waals surface area contributed by atoms with Crippen LogP contribution < -0.4 is 4.74 Å². The van der Waals surface area contributed by atoms with Gasteiger partial charge in [0.05, 0.1) is 17.3 Å². The standard InChI is InChI=1S/C13H12ClNO2S/c1-18-10-4-2-9(3-5-10)17-13-7-6-11(14)12(8-16)15-13/h2-7,16H,8H2,1H3. The van der Waals surface area contributed by atoms with Crippen LogP contribution in [-0.4, -0.2) is 16.3 Å². The second-order valence-corrected chi connectivity index (χ2v) is 4.80. The van der Waals surface area contributed by atoms with E-state index in [1.54, 1.807) is 23.9 Å². The first-order chi connectivity index (χ1) is 8.72. The Morgan fingerprint density at radius 2 is 1.94 bits per heavy atom. The molecule has 1 N–H and O–H groups in total. The Hall–Kier alpha value is -1.23. The minimum Gasteiger partial charge on any atom is -0.439 e. The average Bonchev–Trinajstić information content (AvgIpc) is 2.42. The van der Waals surface area contributed by atoms with E-state index in [2.05, 4.69) is 4.98 Å². The molecule has 0 saturated heterocycles. The highest BCUT2D eigenvalue weighted by Gasteiger charge is 2.04. The number of benzene rings is 1. The molecule has 18 heavy (non-hydrogen) atoms. The third-order valence-corrected chi connectivity index (χ3v) is 3.41. The number of halogens is 1. The van der Waals surface area contributed by atoms with Crippen molar-refractivity contribution < 1.29 is 9.84 Å². The zero-order chi connectivity index (χ0) is 13.0. The first kappa shape index (κ1) is 13.2. The van der Waals surface area contributed by atoms with Crippen LogP contribution in [0.25, 0.3) is 0 Å². The van der Waals surface area contributed by atoms with E-state index in [0.29, 0.717) is 22.3 Å². The van der Waals surface area contributed by atoms with E-state index in [0.717, 1.165) is 0 Å². The largest absolute Gasteiger partial charge is 0.439 e. The number of aliphatic hydroxyl groups is 1. The van der Waals surface area contributed by atoms with Crippen molar-refractivity contribution in [1.82, 2.24) is 4.98 Å². The number of nitrogens with zero attached hydrogens (tertiary/aromatic N) is 1. The quantitative estimate of drug-likeness (QED) is 0.867. The summed E-state index contributed by atoms with van der Waals surface area (Å²) in [6.45, 7) is -0.207. The van der Waals surface area contributed by atoms with Crippen LogP contribution in [-0.2, 0) is 6.61 Å². The predicted octanol–water partition coefficient (Wildman–Crippen LogP) is 3.74. The van der Waals surface area contributed by atoms with Gasteiger partial charge in [0.2, 0.25) is 5.88 Å². The number of aromatic nitrogens is 1. The number of ether oxygens (including phenoxy) is 1. The first-order valence-electron chi connectivity index (χ1n) is 5.31. The van der Waals surface area contributed by atoms with Gasteiger partial charge in [-0.3, -0.25) is 0 Å². The normalized spacial score (nSPS) is 10.4. The smallest absolute Gasteiger partial charge is 0.219 e. The first-order valence-corrected chi connectivity index (χ1v) is 6.91. The summed E-state index contributed by atoms with van der Waals surface area (Å²) in [6.07, 6.45) is 2.02. The Labute approximate surface area is 115 Å². The van der Waals surface area contributed by atoms with Gasteiger partial charge < -0.3 is 9.84 Å². The molecule has 0 atom stereocenters. The molecule has 5 heteroatoms. The van der Waals surface area contributed by atoms with Gasteiger partial charge in [0.1, 0.15) is 5.75 Å². The third-order valence-electron chi connectivity index (χ3n) is 2.32. The number of rotatable bonds is 4. The van der Waals surface area contributed by atoms with Crippen molar-refractivity contribution in [1.29, 1.82) is 0 Å². The molecule has 2 aromatic rings. The highest BCUT2D eigenvalue weighted by Crippen LogP contribution is 2.25. The second kappa shape index (κ2) is 6.09. The number of aliphatic hydroxyl groups excluding tert-OH is 1. The predicted molar refractivity (Wildman–Crippen MR) is 73.5 cm³/mol. The van der Waals surface area contributed by atoms with E-state index in [1.807, 2.05) is 30.5 Å². The van der Waals surface area contributed by atoms with Crippen molar-refractivity contribution in [3.63, 3.8) is 0 Å². The van der Waals surface area contributed by atoms with E-state index in [9.17, 15) is 0 Å². The monoisotopic (exact) mass is 281 g/mol. The lowest BCUT2D eigenvalue weighted by atomic mass is 10.3. The van der Waals surface area contributed by atoms with Crippen LogP contribution in [0.1, 0.15) is 5.69 Å². The Morgan fingerprint density at radius 1 is 1.22 bits per heavy atom. The Kier molecular flexibility index (Phi) is 4.47. The van der Waals surface area contributed by atoms with Crippen molar-refractivity contribution >= 4 is 23.4 Å². The van der Waals surface area contributed by atoms with E-state index in [4.69, 9.17) is 21.4 Å². The summed E-state index contributed by atoms with van der Waals surface area (Å²) in [6, 6.07) is 11.0. The topological polar surface area (TPSA) is 42.4 Å². The van der Waals surface area contributed by atoms with Crippen molar-refractivity contribution in [2.75, 3.05) is 6.26 Å². The highest BCUT2D eigenvalue weighted by atomic mass is 35.5. The number of hydrogen-bond donors (Lipinski definition) is 1. The molecule has 3 nitrogen and oxygen atoms in total. The average molecular weight is 282 g/mol. The van der Waals surface area contributed by atoms with Crippen molar-refractivity contribution in [2.24, 2.45) is 0 Å². The van der Waals surface area contributed by atoms with E-state index >= 15 is 0 Å². The van der Waals surface area contributed by atoms with Gasteiger partial charge >= 0.3 is 0 Å². The number of pyridine rings is 1. The summed E-state index contributed by atoms with van der Waals surface area (Å²) >= 11 is 7.53. The van der Waals surface area contributed by atoms with Crippen molar-refractivity contribution in [3.8, 4) is 11.6 Å². The van der Waals surface area contributed by atoms with Crippen LogP contribution in [0.4, 0.5) is 0 Å². The maximum absolute atomic E-state index is 9.07. The van der Waals surface area contributed by atoms with Crippen LogP contribution in [0, 0.1) is 0 Å². The van der Waals surface area contributed by atoms with Gasteiger partial charge in [0.15, 0.2) is 0 Å². The summed E-state index contributed by atoms with van der Waals surface area (Å²) in [5.41, 5.74) is 0.412. The van der Waals surface area contributed by atoms with Gasteiger partial charge in [-0.15, -0.1) is 11.8 Å². The van der Waals surface area contributed by atoms with Crippen LogP contribution in [0.3, 0.4) is 0 Å². The van der Waals surface area contributed by atoms with Gasteiger partial charge in [0.25, 0.3) is 0 Å². The lowest BCUT2D eigenvalue weighted by molar-refractivity contribution is 0.275. The molecular formula is C13H12ClNO2S. The second-order valence-electron chi connectivity index (χ2n) is 3.51. The fraction of sp³-hybridized carbons (Fsp3) is 0.154. The lowest BCUT2D eigenvalue weighted by Crippen LogP contribution is -1.94. The van der Waals surface area contributed by atoms with Gasteiger partial charge in [0, 0.05) is 11.0 Å². The minimum atomic E-state index is -0.207. The van der Waals surface area contributed by atoms with Gasteiger partial charge in [-0.2, -0.15) is 0 Å². The van der Waals surface area contributed by atoms with Gasteiger partial charge in [-0.05, 0) is 36.6 Å². The Morgan fingerprint density at radius 3 is 2.56 bits per heavy atom. The molecule has 0 amide bonds. The van der Waals surface area contributed by atoms with E-state index in [-0.39, 0.29) is 6.61 Å². The highest BCUT2D eigenvalue weighted by molar-refractivity contribution is 7.98. The molecule has 1 heterocycles. The molecule has 1 aromatic carbocycles. The Bertz CT molecular complexity index is 531. The van der Waals surface area contributed by atoms with Crippen LogP contribution in [0.15, 0.2) is 41.3 Å². The molecule has 0 bridgehead atoms. The molecule has 2 rings (SSSR count). The molecule has 0 radical (unpaired) electrons. The fourth-order valence-electron chi connectivity index (χ4n) is 1.40. The maximum Gasteiger partial charge on any atom is 0.219 e. The fourth-order valence-corrected chi connectivity index (χ4v) is 1.97. The van der Waals surface area contributed by atoms with Crippen molar-refractivity contribution in [3.05, 3.63) is 47.1 Å². The maximum atomic E-state index is 9.07. The van der Waals surface area contributed by atoms with Gasteiger partial charge in [-0.25, -0.2) is 4.98 Å². The van der Waals surface area contributed by atoms with Gasteiger partial charge in [-0.1, -0.05) is 11.6 Å². The summed E-state index contributed by atoms with van der Waals surface area (Å²) in [5, 5.41) is 9.50. The summed E-state index contributed by atoms with van der Waals surface area (Å²) < 4.78 is 5.59. The minimum absolute atomic E-state index is 0.207. The zero-order valence-electron chi connectivity index (χ0n) is 9.76. The Balaban J connectivity index is 2.17. The molecule has 0 saturated carbocycles. The van der Waals surface area contributed by atoms with Crippen LogP contribution in [0.5, 0.6) is 11.6 Å². The molecule has 1 aromatic heterocycles. The molecule has 94 valence electrons. The molecule has 0 spiro atoms. The third kappa shape index (κ3) is 3.16. The van der Waals surface area contributed by atoms with Crippen molar-refractivity contribution in [2.45, 2.75) is 11.5 Å². The number of thioether (sulfide) groups is 1. The molecule has 0 aliphatic rings. The summed E-state index contributed by atoms with van der Waals surface area (Å²) in [5.74, 6) is 1.12. The zero-order valence-corrected chi connectivity index (χ0v) is 11.3. The molecule has 0 fully saturated rings. The molecule has 0 unspecified atom stereocenters. The summed E-state index contributed by atoms with van der Waals surface area (Å²) in [7, 11) is 0. The van der Waals surface area contributed by atoms with Crippen LogP contribution in [0.2, 0.25) is 5.02 Å². The van der Waals surface area contributed by atoms with E-state index < -0.39 is 0 Å². The van der Waals surface area contributed by atoms with E-state index in [1.165, 1.54) is 4.90 Å². The number of hydrogen-bond acceptors (Lipinski definition) is 4.